The number of nitrogens with zero attached hydrogens (tertiary/aromatic N) is 1. The third-order valence-corrected chi connectivity index (χ3v) is 4.05. The summed E-state index contributed by atoms with van der Waals surface area (Å²) >= 11 is 0. The monoisotopic (exact) mass is 280 g/mol. The van der Waals surface area contributed by atoms with Gasteiger partial charge in [0.2, 0.25) is 5.82 Å². The molecule has 0 radical (unpaired) electrons. The van der Waals surface area contributed by atoms with Gasteiger partial charge in [-0.15, -0.1) is 0 Å². The van der Waals surface area contributed by atoms with Crippen LogP contribution < -0.4 is 5.32 Å². The maximum Gasteiger partial charge on any atom is 0.305 e. The minimum atomic E-state index is -0.720. The van der Waals surface area contributed by atoms with Crippen molar-refractivity contribution in [2.45, 2.75) is 39.2 Å². The Hall–Kier alpha value is -1.49. The summed E-state index contributed by atoms with van der Waals surface area (Å²) in [5.74, 6) is 0.688. The number of hydrogen-bond donors (Lipinski definition) is 1. The van der Waals surface area contributed by atoms with Gasteiger partial charge in [-0.05, 0) is 31.2 Å². The Morgan fingerprint density at radius 2 is 2.25 bits per heavy atom. The van der Waals surface area contributed by atoms with E-state index in [9.17, 15) is 14.5 Å². The summed E-state index contributed by atoms with van der Waals surface area (Å²) < 4.78 is 13.9. The predicted molar refractivity (Wildman–Crippen MR) is 75.9 cm³/mol. The SMILES string of the molecule is CC1CCCC(CNCc2cccc([N+](=O)[O-])c2F)C1. The Labute approximate surface area is 118 Å². The average Bonchev–Trinajstić information content (AvgIpc) is 2.40. The standard InChI is InChI=1S/C15H21FN2O2/c1-11-4-2-5-12(8-11)9-17-10-13-6-3-7-14(15(13)16)18(19)20/h3,6-7,11-12,17H,2,4-5,8-10H2,1H3. The first-order valence-corrected chi connectivity index (χ1v) is 7.20. The van der Waals surface area contributed by atoms with Gasteiger partial charge in [-0.1, -0.05) is 31.9 Å². The van der Waals surface area contributed by atoms with Crippen molar-refractivity contribution in [3.05, 3.63) is 39.7 Å². The third-order valence-electron chi connectivity index (χ3n) is 4.05. The zero-order chi connectivity index (χ0) is 14.5. The van der Waals surface area contributed by atoms with Crippen LogP contribution in [0.3, 0.4) is 0 Å². The smallest absolute Gasteiger partial charge is 0.305 e. The van der Waals surface area contributed by atoms with Crippen molar-refractivity contribution in [3.63, 3.8) is 0 Å². The molecule has 0 bridgehead atoms. The van der Waals surface area contributed by atoms with Crippen LogP contribution in [0.15, 0.2) is 18.2 Å². The van der Waals surface area contributed by atoms with Gasteiger partial charge in [0.15, 0.2) is 0 Å². The minimum Gasteiger partial charge on any atom is -0.312 e. The maximum absolute atomic E-state index is 13.9. The minimum absolute atomic E-state index is 0.346. The molecule has 1 aliphatic rings. The van der Waals surface area contributed by atoms with Crippen molar-refractivity contribution < 1.29 is 9.31 Å². The molecule has 1 saturated carbocycles. The molecule has 0 aromatic heterocycles. The third kappa shape index (κ3) is 3.76. The highest BCUT2D eigenvalue weighted by Gasteiger charge is 2.19. The second kappa shape index (κ2) is 6.79. The van der Waals surface area contributed by atoms with E-state index < -0.39 is 16.4 Å². The van der Waals surface area contributed by atoms with Gasteiger partial charge in [-0.2, -0.15) is 4.39 Å². The van der Waals surface area contributed by atoms with Crippen LogP contribution in [0.2, 0.25) is 0 Å². The van der Waals surface area contributed by atoms with Gasteiger partial charge in [-0.3, -0.25) is 10.1 Å². The molecule has 1 N–H and O–H groups in total. The molecule has 0 saturated heterocycles. The zero-order valence-electron chi connectivity index (χ0n) is 11.8. The molecule has 1 aromatic rings. The van der Waals surface area contributed by atoms with Crippen LogP contribution in [0.5, 0.6) is 0 Å². The first kappa shape index (κ1) is 14.9. The number of nitro benzene ring substituents is 1. The fourth-order valence-corrected chi connectivity index (χ4v) is 3.00. The van der Waals surface area contributed by atoms with Crippen molar-refractivity contribution in [1.82, 2.24) is 5.32 Å². The number of hydrogen-bond acceptors (Lipinski definition) is 3. The van der Waals surface area contributed by atoms with Crippen LogP contribution in [-0.2, 0) is 6.54 Å². The zero-order valence-corrected chi connectivity index (χ0v) is 11.8. The number of nitro groups is 1. The molecule has 0 spiro atoms. The largest absolute Gasteiger partial charge is 0.312 e. The Kier molecular flexibility index (Phi) is 5.06. The molecule has 0 aliphatic heterocycles. The molecule has 2 unspecified atom stereocenters. The fraction of sp³-hybridized carbons (Fsp3) is 0.600. The molecule has 0 heterocycles. The summed E-state index contributed by atoms with van der Waals surface area (Å²) in [5.41, 5.74) is -0.0846. The van der Waals surface area contributed by atoms with E-state index in [0.29, 0.717) is 18.0 Å². The van der Waals surface area contributed by atoms with Crippen LogP contribution in [0, 0.1) is 27.8 Å². The lowest BCUT2D eigenvalue weighted by Gasteiger charge is -2.26. The van der Waals surface area contributed by atoms with Gasteiger partial charge in [0, 0.05) is 18.2 Å². The van der Waals surface area contributed by atoms with Gasteiger partial charge < -0.3 is 5.32 Å². The van der Waals surface area contributed by atoms with E-state index in [1.54, 1.807) is 6.07 Å². The second-order valence-electron chi connectivity index (χ2n) is 5.78. The van der Waals surface area contributed by atoms with Crippen molar-refractivity contribution in [1.29, 1.82) is 0 Å². The number of benzene rings is 1. The highest BCUT2D eigenvalue weighted by atomic mass is 19.1. The lowest BCUT2D eigenvalue weighted by Crippen LogP contribution is -2.26. The Balaban J connectivity index is 1.88. The summed E-state index contributed by atoms with van der Waals surface area (Å²) in [6.07, 6.45) is 4.99. The fourth-order valence-electron chi connectivity index (χ4n) is 3.00. The van der Waals surface area contributed by atoms with Crippen LogP contribution in [0.1, 0.15) is 38.2 Å². The Bertz CT molecular complexity index is 479. The van der Waals surface area contributed by atoms with E-state index in [4.69, 9.17) is 0 Å². The van der Waals surface area contributed by atoms with E-state index in [0.717, 1.165) is 12.5 Å². The Morgan fingerprint density at radius 1 is 1.45 bits per heavy atom. The number of nitrogens with one attached hydrogen (secondary N) is 1. The predicted octanol–water partition coefficient (Wildman–Crippen LogP) is 3.65. The van der Waals surface area contributed by atoms with Crippen molar-refractivity contribution >= 4 is 5.69 Å². The molecule has 1 fully saturated rings. The molecular formula is C15H21FN2O2. The van der Waals surface area contributed by atoms with E-state index in [1.165, 1.54) is 37.8 Å². The number of rotatable bonds is 5. The molecule has 0 amide bonds. The van der Waals surface area contributed by atoms with Gasteiger partial charge in [-0.25, -0.2) is 0 Å². The molecular weight excluding hydrogens is 259 g/mol. The van der Waals surface area contributed by atoms with E-state index in [-0.39, 0.29) is 0 Å². The quantitative estimate of drug-likeness (QED) is 0.661. The van der Waals surface area contributed by atoms with E-state index in [1.807, 2.05) is 0 Å². The lowest BCUT2D eigenvalue weighted by molar-refractivity contribution is -0.387. The summed E-state index contributed by atoms with van der Waals surface area (Å²) in [5, 5.41) is 13.9. The number of halogens is 1. The first-order chi connectivity index (χ1) is 9.58. The van der Waals surface area contributed by atoms with Gasteiger partial charge in [0.05, 0.1) is 4.92 Å². The summed E-state index contributed by atoms with van der Waals surface area (Å²) in [6, 6.07) is 4.32. The lowest BCUT2D eigenvalue weighted by atomic mass is 9.82. The van der Waals surface area contributed by atoms with Crippen molar-refractivity contribution in [2.24, 2.45) is 11.8 Å². The molecule has 2 rings (SSSR count). The molecule has 20 heavy (non-hydrogen) atoms. The highest BCUT2D eigenvalue weighted by molar-refractivity contribution is 5.36. The molecule has 5 heteroatoms. The van der Waals surface area contributed by atoms with Gasteiger partial charge >= 0.3 is 5.69 Å². The molecule has 1 aliphatic carbocycles. The summed E-state index contributed by atoms with van der Waals surface area (Å²) in [7, 11) is 0. The normalized spacial score (nSPS) is 22.7. The molecule has 4 nitrogen and oxygen atoms in total. The van der Waals surface area contributed by atoms with E-state index >= 15 is 0 Å². The Morgan fingerprint density at radius 3 is 2.95 bits per heavy atom. The highest BCUT2D eigenvalue weighted by Crippen LogP contribution is 2.28. The van der Waals surface area contributed by atoms with Crippen LogP contribution >= 0.6 is 0 Å². The average molecular weight is 280 g/mol. The second-order valence-corrected chi connectivity index (χ2v) is 5.78. The van der Waals surface area contributed by atoms with Crippen LogP contribution in [0.4, 0.5) is 10.1 Å². The van der Waals surface area contributed by atoms with Crippen LogP contribution in [-0.4, -0.2) is 11.5 Å². The van der Waals surface area contributed by atoms with Gasteiger partial charge in [0.25, 0.3) is 0 Å². The molecule has 110 valence electrons. The van der Waals surface area contributed by atoms with Crippen molar-refractivity contribution in [2.75, 3.05) is 6.54 Å². The van der Waals surface area contributed by atoms with Crippen LogP contribution in [0.25, 0.3) is 0 Å². The van der Waals surface area contributed by atoms with Crippen molar-refractivity contribution in [3.8, 4) is 0 Å². The van der Waals surface area contributed by atoms with E-state index in [2.05, 4.69) is 12.2 Å². The first-order valence-electron chi connectivity index (χ1n) is 7.20. The topological polar surface area (TPSA) is 55.2 Å². The molecule has 2 atom stereocenters. The van der Waals surface area contributed by atoms with Gasteiger partial charge in [0.1, 0.15) is 0 Å². The molecule has 1 aromatic carbocycles. The summed E-state index contributed by atoms with van der Waals surface area (Å²) in [6.45, 7) is 3.47. The maximum atomic E-state index is 13.9. The summed E-state index contributed by atoms with van der Waals surface area (Å²) in [4.78, 5) is 10.00.